The van der Waals surface area contributed by atoms with Gasteiger partial charge in [0, 0.05) is 42.1 Å². The first-order valence-corrected chi connectivity index (χ1v) is 12.2. The van der Waals surface area contributed by atoms with Crippen LogP contribution in [0.2, 0.25) is 0 Å². The highest BCUT2D eigenvalue weighted by molar-refractivity contribution is 6.04. The molecule has 4 rings (SSSR count). The number of carbonyl (C=O) groups excluding carboxylic acids is 1. The number of nitriles is 1. The van der Waals surface area contributed by atoms with E-state index in [9.17, 15) is 15.2 Å². The number of aliphatic hydroxyl groups is 1. The van der Waals surface area contributed by atoms with Crippen LogP contribution in [0.15, 0.2) is 58.5 Å². The quantitative estimate of drug-likeness (QED) is 0.343. The average Bonchev–Trinajstić information content (AvgIpc) is 3.34. The highest BCUT2D eigenvalue weighted by Gasteiger charge is 2.24. The molecule has 0 atom stereocenters. The fourth-order valence-corrected chi connectivity index (χ4v) is 4.57. The molecule has 1 aromatic heterocycles. The van der Waals surface area contributed by atoms with Crippen LogP contribution in [0.1, 0.15) is 52.2 Å². The Balaban J connectivity index is 1.57. The first-order valence-electron chi connectivity index (χ1n) is 12.2. The van der Waals surface area contributed by atoms with Gasteiger partial charge in [0.2, 0.25) is 0 Å². The zero-order valence-corrected chi connectivity index (χ0v) is 20.7. The molecule has 6 heteroatoms. The lowest BCUT2D eigenvalue weighted by molar-refractivity contribution is -0.118. The molecule has 1 fully saturated rings. The number of aliphatic hydroxyl groups excluding tert-OH is 1. The zero-order valence-electron chi connectivity index (χ0n) is 20.7. The molecule has 2 heterocycles. The lowest BCUT2D eigenvalue weighted by atomic mass is 9.99. The van der Waals surface area contributed by atoms with Crippen LogP contribution in [0.5, 0.6) is 0 Å². The van der Waals surface area contributed by atoms with Crippen molar-refractivity contribution < 1.29 is 14.3 Å². The number of fused-ring (bicyclic) bond motifs is 1. The largest absolute Gasteiger partial charge is 0.456 e. The lowest BCUT2D eigenvalue weighted by Gasteiger charge is -2.29. The predicted octanol–water partition coefficient (Wildman–Crippen LogP) is 5.66. The summed E-state index contributed by atoms with van der Waals surface area (Å²) in [7, 11) is 0. The number of amides is 1. The normalized spacial score (nSPS) is 15.0. The molecule has 0 spiro atoms. The molecule has 0 bridgehead atoms. The third-order valence-electron chi connectivity index (χ3n) is 6.71. The van der Waals surface area contributed by atoms with Gasteiger partial charge in [0.05, 0.1) is 0 Å². The number of nitrogens with zero attached hydrogens (tertiary/aromatic N) is 2. The third-order valence-corrected chi connectivity index (χ3v) is 6.71. The molecule has 0 aliphatic carbocycles. The Morgan fingerprint density at radius 3 is 2.51 bits per heavy atom. The fourth-order valence-electron chi connectivity index (χ4n) is 4.57. The van der Waals surface area contributed by atoms with Crippen molar-refractivity contribution in [2.24, 2.45) is 0 Å². The van der Waals surface area contributed by atoms with Crippen LogP contribution in [0.25, 0.3) is 27.7 Å². The molecular formula is C29H33N3O3. The molecule has 2 aromatic carbocycles. The second kappa shape index (κ2) is 10.4. The summed E-state index contributed by atoms with van der Waals surface area (Å²) in [6.45, 7) is 7.52. The number of hydrogen-bond acceptors (Lipinski definition) is 5. The van der Waals surface area contributed by atoms with Crippen molar-refractivity contribution in [3.8, 4) is 17.4 Å². The summed E-state index contributed by atoms with van der Waals surface area (Å²) in [5.41, 5.74) is 2.06. The van der Waals surface area contributed by atoms with Crippen LogP contribution >= 0.6 is 0 Å². The van der Waals surface area contributed by atoms with E-state index in [1.807, 2.05) is 32.0 Å². The van der Waals surface area contributed by atoms with E-state index >= 15 is 0 Å². The highest BCUT2D eigenvalue weighted by atomic mass is 16.3. The first-order chi connectivity index (χ1) is 16.8. The second-order valence-corrected chi connectivity index (χ2v) is 9.88. The fraction of sp³-hybridized carbons (Fsp3) is 0.379. The van der Waals surface area contributed by atoms with Gasteiger partial charge in [-0.2, -0.15) is 5.26 Å². The average molecular weight is 472 g/mol. The van der Waals surface area contributed by atoms with Crippen molar-refractivity contribution in [2.45, 2.75) is 52.0 Å². The molecule has 6 nitrogen and oxygen atoms in total. The molecule has 35 heavy (non-hydrogen) atoms. The number of furan rings is 1. The van der Waals surface area contributed by atoms with E-state index in [1.54, 1.807) is 13.0 Å². The molecule has 0 saturated carbocycles. The molecule has 182 valence electrons. The van der Waals surface area contributed by atoms with Crippen molar-refractivity contribution in [1.82, 2.24) is 5.32 Å². The van der Waals surface area contributed by atoms with Crippen LogP contribution in [-0.4, -0.2) is 36.2 Å². The Labute approximate surface area is 206 Å². The zero-order chi connectivity index (χ0) is 25.0. The summed E-state index contributed by atoms with van der Waals surface area (Å²) in [5.74, 6) is 0.684. The topological polar surface area (TPSA) is 89.5 Å². The Morgan fingerprint density at radius 1 is 1.09 bits per heavy atom. The van der Waals surface area contributed by atoms with Gasteiger partial charge in [-0.15, -0.1) is 0 Å². The molecule has 1 aliphatic heterocycles. The third kappa shape index (κ3) is 5.58. The van der Waals surface area contributed by atoms with Crippen LogP contribution in [0, 0.1) is 11.3 Å². The van der Waals surface area contributed by atoms with Gasteiger partial charge in [-0.25, -0.2) is 0 Å². The molecule has 1 amide bonds. The van der Waals surface area contributed by atoms with Gasteiger partial charge in [0.15, 0.2) is 0 Å². The molecule has 2 N–H and O–H groups in total. The van der Waals surface area contributed by atoms with Crippen LogP contribution in [0.3, 0.4) is 0 Å². The maximum Gasteiger partial charge on any atom is 0.262 e. The summed E-state index contributed by atoms with van der Waals surface area (Å²) < 4.78 is 6.07. The number of carbonyl (C=O) groups is 1. The van der Waals surface area contributed by atoms with Crippen molar-refractivity contribution >= 4 is 27.9 Å². The molecule has 3 aromatic rings. The Hall–Kier alpha value is -3.56. The number of piperidine rings is 1. The minimum absolute atomic E-state index is 0.000619. The Bertz CT molecular complexity index is 1290. The smallest absolute Gasteiger partial charge is 0.262 e. The number of hydrogen-bond donors (Lipinski definition) is 2. The van der Waals surface area contributed by atoms with Gasteiger partial charge in [-0.3, -0.25) is 4.79 Å². The van der Waals surface area contributed by atoms with Gasteiger partial charge in [0.1, 0.15) is 23.2 Å². The monoisotopic (exact) mass is 471 g/mol. The highest BCUT2D eigenvalue weighted by Crippen LogP contribution is 2.31. The van der Waals surface area contributed by atoms with E-state index in [0.29, 0.717) is 23.5 Å². The molecule has 1 aliphatic rings. The van der Waals surface area contributed by atoms with Gasteiger partial charge in [0.25, 0.3) is 5.91 Å². The SMILES string of the molecule is C/C(=C(/C#N)C(=O)NC(C)(C)CCO)c1ccc(-c2ccc3cc(N4CCCCC4)ccc3c2)o1. The van der Waals surface area contributed by atoms with E-state index in [4.69, 9.17) is 4.42 Å². The molecule has 0 unspecified atom stereocenters. The summed E-state index contributed by atoms with van der Waals surface area (Å²) in [5, 5.41) is 24.0. The minimum atomic E-state index is -0.624. The number of rotatable bonds is 7. The lowest BCUT2D eigenvalue weighted by Crippen LogP contribution is -2.44. The van der Waals surface area contributed by atoms with E-state index < -0.39 is 11.4 Å². The summed E-state index contributed by atoms with van der Waals surface area (Å²) >= 11 is 0. The van der Waals surface area contributed by atoms with Gasteiger partial charge >= 0.3 is 0 Å². The first kappa shape index (κ1) is 24.6. The van der Waals surface area contributed by atoms with Gasteiger partial charge < -0.3 is 19.7 Å². The minimum Gasteiger partial charge on any atom is -0.456 e. The summed E-state index contributed by atoms with van der Waals surface area (Å²) in [6, 6.07) is 18.5. The van der Waals surface area contributed by atoms with Crippen LogP contribution < -0.4 is 10.2 Å². The van der Waals surface area contributed by atoms with E-state index in [1.165, 1.54) is 30.3 Å². The molecule has 0 radical (unpaired) electrons. The van der Waals surface area contributed by atoms with Crippen molar-refractivity contribution in [2.75, 3.05) is 24.6 Å². The van der Waals surface area contributed by atoms with E-state index in [0.717, 1.165) is 24.0 Å². The van der Waals surface area contributed by atoms with E-state index in [-0.39, 0.29) is 12.2 Å². The van der Waals surface area contributed by atoms with Crippen LogP contribution in [-0.2, 0) is 4.79 Å². The molecule has 1 saturated heterocycles. The summed E-state index contributed by atoms with van der Waals surface area (Å²) in [6.07, 6.45) is 4.21. The number of benzene rings is 2. The maximum absolute atomic E-state index is 12.7. The maximum atomic E-state index is 12.7. The van der Waals surface area contributed by atoms with Crippen molar-refractivity contribution in [3.05, 3.63) is 59.9 Å². The summed E-state index contributed by atoms with van der Waals surface area (Å²) in [4.78, 5) is 15.2. The number of anilines is 1. The predicted molar refractivity (Wildman–Crippen MR) is 140 cm³/mol. The van der Waals surface area contributed by atoms with Gasteiger partial charge in [-0.05, 0) is 87.6 Å². The van der Waals surface area contributed by atoms with Crippen molar-refractivity contribution in [3.63, 3.8) is 0 Å². The van der Waals surface area contributed by atoms with Crippen LogP contribution in [0.4, 0.5) is 5.69 Å². The Kier molecular flexibility index (Phi) is 7.28. The number of nitrogens with one attached hydrogen (secondary N) is 1. The standard InChI is InChI=1S/C29H33N3O3/c1-20(25(19-30)28(34)31-29(2,3)13-16-33)26-11-12-27(35-26)23-8-7-22-18-24(10-9-21(22)17-23)32-14-5-4-6-15-32/h7-12,17-18,33H,4-6,13-16H2,1-3H3,(H,31,34)/b25-20+. The van der Waals surface area contributed by atoms with Gasteiger partial charge in [-0.1, -0.05) is 18.2 Å². The molecular weight excluding hydrogens is 438 g/mol. The number of allylic oxidation sites excluding steroid dienone is 1. The second-order valence-electron chi connectivity index (χ2n) is 9.88. The van der Waals surface area contributed by atoms with E-state index in [2.05, 4.69) is 40.5 Å². The Morgan fingerprint density at radius 2 is 1.80 bits per heavy atom. The van der Waals surface area contributed by atoms with Crippen molar-refractivity contribution in [1.29, 1.82) is 5.26 Å².